The van der Waals surface area contributed by atoms with E-state index >= 15 is 0 Å². The van der Waals surface area contributed by atoms with Crippen LogP contribution >= 0.6 is 0 Å². The van der Waals surface area contributed by atoms with Gasteiger partial charge in [0, 0.05) is 12.1 Å². The van der Waals surface area contributed by atoms with Crippen LogP contribution in [0, 0.1) is 18.7 Å². The van der Waals surface area contributed by atoms with Crippen LogP contribution in [0.3, 0.4) is 0 Å². The summed E-state index contributed by atoms with van der Waals surface area (Å²) in [6, 6.07) is 3.95. The third-order valence-electron chi connectivity index (χ3n) is 3.66. The van der Waals surface area contributed by atoms with E-state index in [0.717, 1.165) is 18.4 Å². The maximum atomic E-state index is 14.0. The number of amides is 2. The number of hydrogen-bond acceptors (Lipinski definition) is 2. The van der Waals surface area contributed by atoms with Crippen LogP contribution in [-0.2, 0) is 0 Å². The topological polar surface area (TPSA) is 58.7 Å². The summed E-state index contributed by atoms with van der Waals surface area (Å²) in [7, 11) is 0. The quantitative estimate of drug-likeness (QED) is 0.908. The Morgan fingerprint density at radius 1 is 1.47 bits per heavy atom. The van der Waals surface area contributed by atoms with Crippen LogP contribution in [0.5, 0.6) is 0 Å². The molecule has 1 aromatic rings. The van der Waals surface area contributed by atoms with Gasteiger partial charge in [-0.3, -0.25) is 0 Å². The minimum Gasteiger partial charge on any atom is -0.385 e. The van der Waals surface area contributed by atoms with Crippen LogP contribution in [0.4, 0.5) is 9.18 Å². The molecule has 1 aliphatic carbocycles. The van der Waals surface area contributed by atoms with Crippen molar-refractivity contribution in [3.8, 4) is 0 Å². The van der Waals surface area contributed by atoms with E-state index in [1.807, 2.05) is 6.92 Å². The minimum atomic E-state index is -0.548. The molecule has 3 rings (SSSR count). The second kappa shape index (κ2) is 4.33. The van der Waals surface area contributed by atoms with Crippen molar-refractivity contribution in [1.29, 1.82) is 0 Å². The van der Waals surface area contributed by atoms with E-state index in [9.17, 15) is 9.18 Å². The maximum absolute atomic E-state index is 14.0. The van der Waals surface area contributed by atoms with Crippen molar-refractivity contribution in [3.63, 3.8) is 0 Å². The molecule has 1 fully saturated rings. The molecule has 2 aliphatic rings. The Morgan fingerprint density at radius 3 is 2.89 bits per heavy atom. The molecule has 5 heteroatoms. The summed E-state index contributed by atoms with van der Waals surface area (Å²) in [4.78, 5) is 17.2. The Labute approximate surface area is 111 Å². The largest absolute Gasteiger partial charge is 0.385 e. The normalized spacial score (nSPS) is 22.8. The van der Waals surface area contributed by atoms with Crippen molar-refractivity contribution in [2.45, 2.75) is 25.8 Å². The molecule has 4 nitrogen and oxygen atoms in total. The first-order valence-electron chi connectivity index (χ1n) is 6.47. The molecule has 0 radical (unpaired) electrons. The van der Waals surface area contributed by atoms with E-state index in [2.05, 4.69) is 4.99 Å². The lowest BCUT2D eigenvalue weighted by Gasteiger charge is -2.25. The average Bonchev–Trinajstić information content (AvgIpc) is 3.11. The van der Waals surface area contributed by atoms with Crippen LogP contribution in [0.2, 0.25) is 0 Å². The highest BCUT2D eigenvalue weighted by Crippen LogP contribution is 2.36. The highest BCUT2D eigenvalue weighted by Gasteiger charge is 2.39. The molecule has 0 spiro atoms. The van der Waals surface area contributed by atoms with E-state index in [1.54, 1.807) is 17.0 Å². The summed E-state index contributed by atoms with van der Waals surface area (Å²) in [6.45, 7) is 2.50. The fraction of sp³-hybridized carbons (Fsp3) is 0.429. The number of nitrogens with zero attached hydrogens (tertiary/aromatic N) is 2. The van der Waals surface area contributed by atoms with Gasteiger partial charge in [-0.25, -0.2) is 9.18 Å². The lowest BCUT2D eigenvalue weighted by Crippen LogP contribution is -2.35. The number of carbonyl (C=O) groups excluding carboxylic acids is 1. The zero-order valence-corrected chi connectivity index (χ0v) is 10.8. The third-order valence-corrected chi connectivity index (χ3v) is 3.66. The van der Waals surface area contributed by atoms with Crippen LogP contribution in [0.15, 0.2) is 23.2 Å². The number of carbonyl (C=O) groups is 1. The molecule has 0 bridgehead atoms. The Morgan fingerprint density at radius 2 is 2.21 bits per heavy atom. The van der Waals surface area contributed by atoms with Crippen molar-refractivity contribution in [1.82, 2.24) is 4.90 Å². The predicted molar refractivity (Wildman–Crippen MR) is 70.3 cm³/mol. The second-order valence-electron chi connectivity index (χ2n) is 5.34. The van der Waals surface area contributed by atoms with Gasteiger partial charge in [-0.05, 0) is 31.7 Å². The van der Waals surface area contributed by atoms with Gasteiger partial charge in [0.05, 0.1) is 0 Å². The van der Waals surface area contributed by atoms with Gasteiger partial charge in [-0.2, -0.15) is 4.99 Å². The minimum absolute atomic E-state index is 0.190. The van der Waals surface area contributed by atoms with E-state index < -0.39 is 6.04 Å². The zero-order chi connectivity index (χ0) is 13.6. The number of aliphatic imine (C=N–C) groups is 1. The van der Waals surface area contributed by atoms with E-state index in [4.69, 9.17) is 5.73 Å². The summed E-state index contributed by atoms with van der Waals surface area (Å²) < 4.78 is 14.0. The molecule has 2 N–H and O–H groups in total. The number of urea groups is 1. The van der Waals surface area contributed by atoms with Crippen LogP contribution in [0.1, 0.15) is 30.0 Å². The number of aryl methyl sites for hydroxylation is 1. The van der Waals surface area contributed by atoms with Gasteiger partial charge < -0.3 is 10.6 Å². The molecule has 0 saturated heterocycles. The summed E-state index contributed by atoms with van der Waals surface area (Å²) >= 11 is 0. The van der Waals surface area contributed by atoms with Gasteiger partial charge in [0.2, 0.25) is 0 Å². The first-order valence-corrected chi connectivity index (χ1v) is 6.47. The molecule has 1 saturated carbocycles. The zero-order valence-electron chi connectivity index (χ0n) is 10.8. The van der Waals surface area contributed by atoms with Gasteiger partial charge in [0.25, 0.3) is 0 Å². The Hall–Kier alpha value is -1.91. The Bertz CT molecular complexity index is 566. The molecule has 1 heterocycles. The van der Waals surface area contributed by atoms with Crippen LogP contribution < -0.4 is 5.73 Å². The standard InChI is InChI=1S/C14H16FN3O/c1-8-2-5-11(15)10(6-8)12-13(16)17-14(19)18(12)7-9-3-4-9/h2,5-6,9,12H,3-4,7H2,1H3,(H2,16,17,19). The molecule has 0 aromatic heterocycles. The third kappa shape index (κ3) is 2.20. The van der Waals surface area contributed by atoms with Gasteiger partial charge in [-0.1, -0.05) is 17.7 Å². The number of rotatable bonds is 3. The van der Waals surface area contributed by atoms with Crippen molar-refractivity contribution in [3.05, 3.63) is 35.1 Å². The Kier molecular flexibility index (Phi) is 2.77. The van der Waals surface area contributed by atoms with E-state index in [1.165, 1.54) is 6.07 Å². The number of amidine groups is 1. The number of benzene rings is 1. The van der Waals surface area contributed by atoms with Crippen molar-refractivity contribution >= 4 is 11.9 Å². The monoisotopic (exact) mass is 261 g/mol. The second-order valence-corrected chi connectivity index (χ2v) is 5.34. The molecule has 2 amide bonds. The first kappa shape index (κ1) is 12.1. The fourth-order valence-electron chi connectivity index (χ4n) is 2.47. The number of hydrogen-bond donors (Lipinski definition) is 1. The first-order chi connectivity index (χ1) is 9.06. The van der Waals surface area contributed by atoms with E-state index in [0.29, 0.717) is 18.0 Å². The highest BCUT2D eigenvalue weighted by atomic mass is 19.1. The van der Waals surface area contributed by atoms with Crippen molar-refractivity contribution in [2.24, 2.45) is 16.6 Å². The summed E-state index contributed by atoms with van der Waals surface area (Å²) in [5.74, 6) is 0.361. The molecule has 100 valence electrons. The van der Waals surface area contributed by atoms with Gasteiger partial charge in [0.1, 0.15) is 17.7 Å². The summed E-state index contributed by atoms with van der Waals surface area (Å²) in [5.41, 5.74) is 7.21. The molecule has 1 atom stereocenters. The maximum Gasteiger partial charge on any atom is 0.346 e. The summed E-state index contributed by atoms with van der Waals surface area (Å²) in [5, 5.41) is 0. The van der Waals surface area contributed by atoms with Gasteiger partial charge >= 0.3 is 6.03 Å². The van der Waals surface area contributed by atoms with Gasteiger partial charge in [-0.15, -0.1) is 0 Å². The van der Waals surface area contributed by atoms with Gasteiger partial charge in [0.15, 0.2) is 0 Å². The number of nitrogens with two attached hydrogens (primary N) is 1. The SMILES string of the molecule is Cc1ccc(F)c(C2C(N)=NC(=O)N2CC2CC2)c1. The number of halogens is 1. The molecule has 1 unspecified atom stereocenters. The molecule has 1 aliphatic heterocycles. The lowest BCUT2D eigenvalue weighted by atomic mass is 10.0. The lowest BCUT2D eigenvalue weighted by molar-refractivity contribution is 0.203. The molecule has 1 aromatic carbocycles. The summed E-state index contributed by atoms with van der Waals surface area (Å²) in [6.07, 6.45) is 2.24. The highest BCUT2D eigenvalue weighted by molar-refractivity contribution is 6.03. The average molecular weight is 261 g/mol. The molecular weight excluding hydrogens is 245 g/mol. The molecular formula is C14H16FN3O. The smallest absolute Gasteiger partial charge is 0.346 e. The van der Waals surface area contributed by atoms with Crippen LogP contribution in [0.25, 0.3) is 0 Å². The van der Waals surface area contributed by atoms with E-state index in [-0.39, 0.29) is 17.7 Å². The predicted octanol–water partition coefficient (Wildman–Crippen LogP) is 2.38. The van der Waals surface area contributed by atoms with Crippen molar-refractivity contribution < 1.29 is 9.18 Å². The fourth-order valence-corrected chi connectivity index (χ4v) is 2.47. The van der Waals surface area contributed by atoms with Crippen LogP contribution in [-0.4, -0.2) is 23.3 Å². The Balaban J connectivity index is 1.97. The molecule has 19 heavy (non-hydrogen) atoms. The van der Waals surface area contributed by atoms with Crippen molar-refractivity contribution in [2.75, 3.05) is 6.54 Å².